The van der Waals surface area contributed by atoms with Crippen molar-refractivity contribution in [1.82, 2.24) is 9.55 Å². The number of nitrogens with one attached hydrogen (secondary N) is 1. The zero-order chi connectivity index (χ0) is 42.1. The molecule has 2 aromatic heterocycles. The Morgan fingerprint density at radius 2 is 1.22 bits per heavy atom. The number of pyridine rings is 1. The van der Waals surface area contributed by atoms with Gasteiger partial charge >= 0.3 is 0 Å². The third kappa shape index (κ3) is 8.57. The quantitative estimate of drug-likeness (QED) is 0.169. The summed E-state index contributed by atoms with van der Waals surface area (Å²) in [5.41, 5.74) is 13.1. The van der Waals surface area contributed by atoms with Crippen LogP contribution in [-0.2, 0) is 37.3 Å². The van der Waals surface area contributed by atoms with Crippen molar-refractivity contribution in [2.75, 3.05) is 15.1 Å². The largest absolute Gasteiger partial charge is 0.497 e. The van der Waals surface area contributed by atoms with Crippen LogP contribution in [0.5, 0.6) is 0 Å². The molecule has 0 bridgehead atoms. The zero-order valence-corrected chi connectivity index (χ0v) is 39.5. The van der Waals surface area contributed by atoms with Crippen LogP contribution in [0.15, 0.2) is 127 Å². The Morgan fingerprint density at radius 3 is 1.87 bits per heavy atom. The average molecular weight is 972 g/mol. The predicted molar refractivity (Wildman–Crippen MR) is 251 cm³/mol. The summed E-state index contributed by atoms with van der Waals surface area (Å²) in [5.74, 6) is 0.884. The molecule has 0 unspecified atom stereocenters. The second kappa shape index (κ2) is 15.7. The summed E-state index contributed by atoms with van der Waals surface area (Å²) in [7, 11) is 0. The van der Waals surface area contributed by atoms with E-state index in [1.807, 2.05) is 6.20 Å². The molecule has 5 nitrogen and oxygen atoms in total. The van der Waals surface area contributed by atoms with Crippen molar-refractivity contribution in [3.8, 4) is 16.9 Å². The Morgan fingerprint density at radius 1 is 0.567 bits per heavy atom. The van der Waals surface area contributed by atoms with Crippen LogP contribution in [0.1, 0.15) is 99.8 Å². The second-order valence-electron chi connectivity index (χ2n) is 20.2. The first-order valence-corrected chi connectivity index (χ1v) is 20.9. The van der Waals surface area contributed by atoms with E-state index in [0.717, 1.165) is 56.1 Å². The number of rotatable bonds is 6. The van der Waals surface area contributed by atoms with Crippen molar-refractivity contribution in [2.24, 2.45) is 5.41 Å². The summed E-state index contributed by atoms with van der Waals surface area (Å²) >= 11 is 0. The molecule has 6 heteroatoms. The normalized spacial score (nSPS) is 13.8. The Balaban J connectivity index is 0.00000544. The molecule has 312 valence electrons. The third-order valence-corrected chi connectivity index (χ3v) is 11.4. The molecule has 0 saturated heterocycles. The van der Waals surface area contributed by atoms with Crippen molar-refractivity contribution < 1.29 is 21.1 Å². The molecule has 5 aromatic carbocycles. The number of hydrogen-bond acceptors (Lipinski definition) is 4. The Hall–Kier alpha value is -5.12. The summed E-state index contributed by atoms with van der Waals surface area (Å²) in [6.07, 6.45) is 4.22. The van der Waals surface area contributed by atoms with Gasteiger partial charge in [0.25, 0.3) is 0 Å². The van der Waals surface area contributed by atoms with Gasteiger partial charge in [-0.05, 0) is 80.4 Å². The van der Waals surface area contributed by atoms with Gasteiger partial charge in [0, 0.05) is 49.6 Å². The van der Waals surface area contributed by atoms with E-state index in [9.17, 15) is 0 Å². The van der Waals surface area contributed by atoms with Gasteiger partial charge in [0.2, 0.25) is 0 Å². The maximum Gasteiger partial charge on any atom is 0.135 e. The molecule has 0 radical (unpaired) electrons. The number of allylic oxidation sites excluding steroid dienone is 1. The molecule has 3 heterocycles. The second-order valence-corrected chi connectivity index (χ2v) is 20.2. The van der Waals surface area contributed by atoms with E-state index in [1.165, 1.54) is 27.8 Å². The van der Waals surface area contributed by atoms with Gasteiger partial charge < -0.3 is 19.7 Å². The molecule has 1 aliphatic heterocycles. The van der Waals surface area contributed by atoms with Gasteiger partial charge in [-0.25, -0.2) is 4.98 Å². The minimum Gasteiger partial charge on any atom is -0.497 e. The first-order valence-electron chi connectivity index (χ1n) is 20.9. The Kier molecular flexibility index (Phi) is 11.3. The summed E-state index contributed by atoms with van der Waals surface area (Å²) in [4.78, 5) is 9.51. The first kappa shape index (κ1) is 43.0. The Labute approximate surface area is 372 Å². The monoisotopic (exact) mass is 971 g/mol. The molecule has 0 amide bonds. The van der Waals surface area contributed by atoms with Gasteiger partial charge in [-0.2, -0.15) is 6.07 Å². The zero-order valence-electron chi connectivity index (χ0n) is 37.2. The fraction of sp³-hybridized carbons (Fsp3) is 0.296. The van der Waals surface area contributed by atoms with E-state index < -0.39 is 0 Å². The van der Waals surface area contributed by atoms with E-state index in [4.69, 9.17) is 4.98 Å². The van der Waals surface area contributed by atoms with Crippen molar-refractivity contribution in [3.63, 3.8) is 0 Å². The molecule has 0 spiro atoms. The van der Waals surface area contributed by atoms with Crippen LogP contribution in [0.3, 0.4) is 0 Å². The van der Waals surface area contributed by atoms with Crippen molar-refractivity contribution >= 4 is 44.6 Å². The number of para-hydroxylation sites is 1. The van der Waals surface area contributed by atoms with Gasteiger partial charge in [-0.15, -0.1) is 53.6 Å². The first-order chi connectivity index (χ1) is 27.7. The number of nitrogens with zero attached hydrogens (tertiary/aromatic N) is 4. The maximum atomic E-state index is 4.90. The number of benzene rings is 5. The SMILES string of the molecule is CC(C)(C)C1=CN(c2cc(C(C)(C)C)cc(C(C)(C)C)c2)[CH-]N1c1[c-]c(Nc2[c-]c3c(cc2)c2ccccc2n3-c2cc(C(C)(C)C)ccn2)cc(-c2ccccc2)c1.[Pt]. The molecule has 1 aliphatic rings. The minimum atomic E-state index is -0.158. The molecule has 60 heavy (non-hydrogen) atoms. The van der Waals surface area contributed by atoms with Crippen molar-refractivity contribution in [1.29, 1.82) is 0 Å². The number of fused-ring (bicyclic) bond motifs is 3. The van der Waals surface area contributed by atoms with Gasteiger partial charge in [-0.1, -0.05) is 155 Å². The molecule has 8 rings (SSSR count). The van der Waals surface area contributed by atoms with Crippen LogP contribution in [0.4, 0.5) is 22.7 Å². The fourth-order valence-electron chi connectivity index (χ4n) is 7.83. The molecule has 0 aliphatic carbocycles. The smallest absolute Gasteiger partial charge is 0.135 e. The molecule has 1 N–H and O–H groups in total. The standard InChI is InChI=1S/C54H58N5.Pt/c1-51(2,3)38-24-25-55-50(31-38)59-47-21-17-16-20-45(47)46-23-22-41(33-48(46)59)56-42-26-37(36-18-14-13-15-19-36)27-44(32-42)58-35-57(34-49(58)54(10,11)12)43-29-39(52(4,5)6)28-40(30-43)53(7,8)9;/h13-31,34-35,56H,1-12H3;/q-3;. The van der Waals surface area contributed by atoms with E-state index in [-0.39, 0.29) is 42.7 Å². The van der Waals surface area contributed by atoms with Crippen LogP contribution in [0, 0.1) is 24.2 Å². The van der Waals surface area contributed by atoms with Gasteiger partial charge in [0.15, 0.2) is 0 Å². The number of hydrogen-bond donors (Lipinski definition) is 1. The molecule has 7 aromatic rings. The topological polar surface area (TPSA) is 36.3 Å². The van der Waals surface area contributed by atoms with Crippen LogP contribution in [0.2, 0.25) is 0 Å². The number of anilines is 4. The van der Waals surface area contributed by atoms with E-state index in [2.05, 4.69) is 237 Å². The van der Waals surface area contributed by atoms with Crippen LogP contribution in [-0.4, -0.2) is 9.55 Å². The van der Waals surface area contributed by atoms with Crippen LogP contribution >= 0.6 is 0 Å². The van der Waals surface area contributed by atoms with Gasteiger partial charge in [0.1, 0.15) is 5.82 Å². The molecule has 0 atom stereocenters. The molecule has 0 fully saturated rings. The van der Waals surface area contributed by atoms with Crippen LogP contribution < -0.4 is 15.1 Å². The van der Waals surface area contributed by atoms with E-state index in [1.54, 1.807) is 0 Å². The van der Waals surface area contributed by atoms with Gasteiger partial charge in [-0.3, -0.25) is 0 Å². The summed E-state index contributed by atoms with van der Waals surface area (Å²) < 4.78 is 2.24. The Bertz CT molecular complexity index is 2680. The molecule has 0 saturated carbocycles. The third-order valence-electron chi connectivity index (χ3n) is 11.4. The molecular weight excluding hydrogens is 914 g/mol. The van der Waals surface area contributed by atoms with E-state index in [0.29, 0.717) is 0 Å². The average Bonchev–Trinajstić information content (AvgIpc) is 3.78. The fourth-order valence-corrected chi connectivity index (χ4v) is 7.83. The predicted octanol–water partition coefficient (Wildman–Crippen LogP) is 14.4. The summed E-state index contributed by atoms with van der Waals surface area (Å²) in [6, 6.07) is 46.9. The number of aromatic nitrogens is 2. The van der Waals surface area contributed by atoms with Crippen LogP contribution in [0.25, 0.3) is 38.8 Å². The minimum absolute atomic E-state index is 0. The molecular formula is C54H58N5Pt-3. The van der Waals surface area contributed by atoms with Crippen molar-refractivity contribution in [3.05, 3.63) is 163 Å². The van der Waals surface area contributed by atoms with E-state index >= 15 is 0 Å². The maximum absolute atomic E-state index is 4.90. The van der Waals surface area contributed by atoms with Crippen molar-refractivity contribution in [2.45, 2.75) is 99.3 Å². The summed E-state index contributed by atoms with van der Waals surface area (Å²) in [6.45, 7) is 29.6. The van der Waals surface area contributed by atoms with Gasteiger partial charge in [0.05, 0.1) is 0 Å². The summed E-state index contributed by atoms with van der Waals surface area (Å²) in [5, 5.41) is 6.06.